The zero-order valence-corrected chi connectivity index (χ0v) is 9.88. The lowest BCUT2D eigenvalue weighted by Gasteiger charge is -2.26. The fourth-order valence-corrected chi connectivity index (χ4v) is 3.61. The molecule has 0 aliphatic heterocycles. The first kappa shape index (κ1) is 10.9. The number of carbonyl (C=O) groups is 1. The summed E-state index contributed by atoms with van der Waals surface area (Å²) < 4.78 is 0. The molecule has 2 bridgehead atoms. The fraction of sp³-hybridized carbons (Fsp3) is 0.571. The lowest BCUT2D eigenvalue weighted by Crippen LogP contribution is -2.40. The van der Waals surface area contributed by atoms with Crippen LogP contribution in [0.5, 0.6) is 0 Å². The molecular formula is C14H18N2O. The van der Waals surface area contributed by atoms with E-state index in [0.717, 1.165) is 5.69 Å². The second-order valence-corrected chi connectivity index (χ2v) is 5.40. The highest BCUT2D eigenvalue weighted by Gasteiger charge is 2.48. The third kappa shape index (κ3) is 1.89. The quantitative estimate of drug-likeness (QED) is 0.857. The van der Waals surface area contributed by atoms with E-state index in [1.54, 1.807) is 6.20 Å². The predicted octanol–water partition coefficient (Wildman–Crippen LogP) is 1.57. The van der Waals surface area contributed by atoms with Gasteiger partial charge < -0.3 is 5.73 Å². The Morgan fingerprint density at radius 1 is 1.35 bits per heavy atom. The number of hydrogen-bond donors (Lipinski definition) is 1. The van der Waals surface area contributed by atoms with Gasteiger partial charge in [-0.25, -0.2) is 0 Å². The van der Waals surface area contributed by atoms with Crippen LogP contribution in [0.1, 0.15) is 25.0 Å². The van der Waals surface area contributed by atoms with Crippen molar-refractivity contribution in [2.45, 2.75) is 31.7 Å². The molecule has 3 nitrogen and oxygen atoms in total. The maximum atomic E-state index is 12.3. The molecule has 17 heavy (non-hydrogen) atoms. The molecule has 0 radical (unpaired) electrons. The number of Topliss-reactive ketones (excluding diaryl/α,β-unsaturated/α-hetero) is 1. The monoisotopic (exact) mass is 230 g/mol. The normalized spacial score (nSPS) is 35.1. The van der Waals surface area contributed by atoms with E-state index >= 15 is 0 Å². The third-order valence-corrected chi connectivity index (χ3v) is 4.43. The van der Waals surface area contributed by atoms with E-state index in [1.165, 1.54) is 19.3 Å². The number of fused-ring (bicyclic) bond motifs is 2. The Balaban J connectivity index is 1.71. The van der Waals surface area contributed by atoms with E-state index < -0.39 is 0 Å². The van der Waals surface area contributed by atoms with E-state index in [-0.39, 0.29) is 12.0 Å². The summed E-state index contributed by atoms with van der Waals surface area (Å²) in [7, 11) is 0. The van der Waals surface area contributed by atoms with Crippen molar-refractivity contribution in [2.24, 2.45) is 23.5 Å². The molecule has 3 rings (SSSR count). The number of carbonyl (C=O) groups excluding carboxylic acids is 1. The van der Waals surface area contributed by atoms with Crippen molar-refractivity contribution in [2.75, 3.05) is 0 Å². The van der Waals surface area contributed by atoms with Crippen molar-refractivity contribution >= 4 is 5.78 Å². The molecule has 2 aliphatic rings. The van der Waals surface area contributed by atoms with Gasteiger partial charge in [-0.15, -0.1) is 0 Å². The summed E-state index contributed by atoms with van der Waals surface area (Å²) in [4.78, 5) is 16.5. The van der Waals surface area contributed by atoms with Crippen molar-refractivity contribution < 1.29 is 4.79 Å². The lowest BCUT2D eigenvalue weighted by molar-refractivity contribution is -0.124. The van der Waals surface area contributed by atoms with Gasteiger partial charge in [-0.3, -0.25) is 9.78 Å². The van der Waals surface area contributed by atoms with Crippen LogP contribution in [0.4, 0.5) is 0 Å². The Morgan fingerprint density at radius 3 is 2.82 bits per heavy atom. The summed E-state index contributed by atoms with van der Waals surface area (Å²) in [5.74, 6) is 1.53. The van der Waals surface area contributed by atoms with Crippen LogP contribution in [-0.4, -0.2) is 16.8 Å². The molecule has 1 heterocycles. The Labute approximate surface area is 101 Å². The number of hydrogen-bond acceptors (Lipinski definition) is 3. The van der Waals surface area contributed by atoms with Gasteiger partial charge in [-0.05, 0) is 43.2 Å². The number of rotatable bonds is 3. The molecule has 1 aromatic rings. The summed E-state index contributed by atoms with van der Waals surface area (Å²) in [6.07, 6.45) is 5.77. The van der Waals surface area contributed by atoms with Crippen molar-refractivity contribution in [3.63, 3.8) is 0 Å². The van der Waals surface area contributed by atoms with Crippen LogP contribution in [0.15, 0.2) is 24.4 Å². The zero-order chi connectivity index (χ0) is 11.8. The van der Waals surface area contributed by atoms with Crippen LogP contribution in [0.3, 0.4) is 0 Å². The van der Waals surface area contributed by atoms with Crippen LogP contribution in [0, 0.1) is 17.8 Å². The average Bonchev–Trinajstić information content (AvgIpc) is 2.90. The van der Waals surface area contributed by atoms with Gasteiger partial charge in [0.25, 0.3) is 0 Å². The van der Waals surface area contributed by atoms with Gasteiger partial charge in [0.2, 0.25) is 0 Å². The van der Waals surface area contributed by atoms with Gasteiger partial charge in [0, 0.05) is 30.3 Å². The predicted molar refractivity (Wildman–Crippen MR) is 65.2 cm³/mol. The van der Waals surface area contributed by atoms with Gasteiger partial charge in [0.15, 0.2) is 0 Å². The fourth-order valence-electron chi connectivity index (χ4n) is 3.61. The molecule has 0 spiro atoms. The van der Waals surface area contributed by atoms with Crippen LogP contribution >= 0.6 is 0 Å². The Morgan fingerprint density at radius 2 is 2.18 bits per heavy atom. The van der Waals surface area contributed by atoms with Gasteiger partial charge in [-0.1, -0.05) is 6.07 Å². The highest BCUT2D eigenvalue weighted by molar-refractivity contribution is 5.84. The molecule has 2 N–H and O–H groups in total. The molecule has 2 fully saturated rings. The summed E-state index contributed by atoms with van der Waals surface area (Å²) in [5, 5.41) is 0. The topological polar surface area (TPSA) is 56.0 Å². The number of nitrogens with two attached hydrogens (primary N) is 1. The molecular weight excluding hydrogens is 212 g/mol. The first-order valence-electron chi connectivity index (χ1n) is 6.44. The maximum Gasteiger partial charge on any atom is 0.143 e. The van der Waals surface area contributed by atoms with Crippen molar-refractivity contribution in [1.82, 2.24) is 4.98 Å². The molecule has 4 unspecified atom stereocenters. The molecule has 0 aromatic carbocycles. The molecule has 0 saturated heterocycles. The highest BCUT2D eigenvalue weighted by atomic mass is 16.1. The summed E-state index contributed by atoms with van der Waals surface area (Å²) in [6.45, 7) is 0. The van der Waals surface area contributed by atoms with E-state index in [9.17, 15) is 4.79 Å². The lowest BCUT2D eigenvalue weighted by atomic mass is 9.81. The second kappa shape index (κ2) is 4.22. The van der Waals surface area contributed by atoms with Crippen molar-refractivity contribution in [3.05, 3.63) is 30.1 Å². The number of aromatic nitrogens is 1. The standard InChI is InChI=1S/C14H18N2O/c15-14-10-5-4-9(7-10)13(14)12(17)8-11-3-1-2-6-16-11/h1-3,6,9-10,13-14H,4-5,7-8,15H2. The first-order chi connectivity index (χ1) is 8.25. The molecule has 4 atom stereocenters. The molecule has 2 aliphatic carbocycles. The van der Waals surface area contributed by atoms with Crippen molar-refractivity contribution in [1.29, 1.82) is 0 Å². The molecule has 1 aromatic heterocycles. The summed E-state index contributed by atoms with van der Waals surface area (Å²) in [6, 6.07) is 5.81. The van der Waals surface area contributed by atoms with Gasteiger partial charge in [-0.2, -0.15) is 0 Å². The van der Waals surface area contributed by atoms with Gasteiger partial charge >= 0.3 is 0 Å². The molecule has 0 amide bonds. The Hall–Kier alpha value is -1.22. The number of nitrogens with zero attached hydrogens (tertiary/aromatic N) is 1. The smallest absolute Gasteiger partial charge is 0.143 e. The second-order valence-electron chi connectivity index (χ2n) is 5.40. The minimum absolute atomic E-state index is 0.0933. The van der Waals surface area contributed by atoms with Crippen molar-refractivity contribution in [3.8, 4) is 0 Å². The minimum atomic E-state index is 0.0933. The number of ketones is 1. The average molecular weight is 230 g/mol. The third-order valence-electron chi connectivity index (χ3n) is 4.43. The van der Waals surface area contributed by atoms with Crippen LogP contribution in [0.2, 0.25) is 0 Å². The van der Waals surface area contributed by atoms with Crippen LogP contribution in [-0.2, 0) is 11.2 Å². The van der Waals surface area contributed by atoms with Gasteiger partial charge in [0.1, 0.15) is 5.78 Å². The minimum Gasteiger partial charge on any atom is -0.327 e. The maximum absolute atomic E-state index is 12.3. The molecule has 2 saturated carbocycles. The SMILES string of the molecule is NC1C2CCC(C2)C1C(=O)Cc1ccccn1. The first-order valence-corrected chi connectivity index (χ1v) is 6.44. The molecule has 90 valence electrons. The zero-order valence-electron chi connectivity index (χ0n) is 9.88. The van der Waals surface area contributed by atoms with E-state index in [2.05, 4.69) is 4.98 Å². The largest absolute Gasteiger partial charge is 0.327 e. The summed E-state index contributed by atoms with van der Waals surface area (Å²) in [5.41, 5.74) is 7.05. The Kier molecular flexibility index (Phi) is 2.71. The number of pyridine rings is 1. The molecule has 3 heteroatoms. The van der Waals surface area contributed by atoms with Crippen LogP contribution in [0.25, 0.3) is 0 Å². The highest BCUT2D eigenvalue weighted by Crippen LogP contribution is 2.48. The summed E-state index contributed by atoms with van der Waals surface area (Å²) >= 11 is 0. The van der Waals surface area contributed by atoms with E-state index in [0.29, 0.717) is 24.0 Å². The van der Waals surface area contributed by atoms with E-state index in [1.807, 2.05) is 18.2 Å². The van der Waals surface area contributed by atoms with Crippen LogP contribution < -0.4 is 5.73 Å². The Bertz CT molecular complexity index is 415. The van der Waals surface area contributed by atoms with Gasteiger partial charge in [0.05, 0.1) is 0 Å². The van der Waals surface area contributed by atoms with E-state index in [4.69, 9.17) is 5.73 Å².